The van der Waals surface area contributed by atoms with Gasteiger partial charge in [0.25, 0.3) is 0 Å². The molecule has 1 aromatic carbocycles. The average Bonchev–Trinajstić information content (AvgIpc) is 2.46. The van der Waals surface area contributed by atoms with Gasteiger partial charge >= 0.3 is 0 Å². The number of hydrogen-bond acceptors (Lipinski definition) is 3. The lowest BCUT2D eigenvalue weighted by molar-refractivity contribution is -0.130. The van der Waals surface area contributed by atoms with E-state index in [4.69, 9.17) is 21.1 Å². The zero-order valence-electron chi connectivity index (χ0n) is 12.5. The zero-order valence-corrected chi connectivity index (χ0v) is 13.2. The van der Waals surface area contributed by atoms with Crippen molar-refractivity contribution in [3.05, 3.63) is 23.8 Å². The van der Waals surface area contributed by atoms with E-state index in [2.05, 4.69) is 0 Å². The number of nitrogens with zero attached hydrogens (tertiary/aromatic N) is 1. The second-order valence-corrected chi connectivity index (χ2v) is 5.02. The minimum Gasteiger partial charge on any atom is -0.493 e. The van der Waals surface area contributed by atoms with E-state index in [1.807, 2.05) is 32.0 Å². The second kappa shape index (κ2) is 8.00. The molecule has 0 N–H and O–H groups in total. The molecule has 0 unspecified atom stereocenters. The van der Waals surface area contributed by atoms with Crippen molar-refractivity contribution in [1.82, 2.24) is 4.90 Å². The number of halogens is 1. The van der Waals surface area contributed by atoms with Gasteiger partial charge in [0.2, 0.25) is 5.91 Å². The van der Waals surface area contributed by atoms with Gasteiger partial charge in [0.1, 0.15) is 5.88 Å². The molecule has 0 aliphatic heterocycles. The molecular weight excluding hydrogens is 278 g/mol. The third-order valence-corrected chi connectivity index (χ3v) is 3.38. The first kappa shape index (κ1) is 16.6. The standard InChI is InChI=1S/C15H22ClNO3/c1-11(2)17(15(18)10-16)8-7-12-5-6-13(19-3)14(9-12)20-4/h5-6,9,11H,7-8,10H2,1-4H3. The van der Waals surface area contributed by atoms with Gasteiger partial charge in [-0.05, 0) is 38.0 Å². The van der Waals surface area contributed by atoms with Crippen LogP contribution in [0, 0.1) is 0 Å². The fourth-order valence-electron chi connectivity index (χ4n) is 2.03. The van der Waals surface area contributed by atoms with Crippen LogP contribution in [0.2, 0.25) is 0 Å². The van der Waals surface area contributed by atoms with Crippen LogP contribution in [0.3, 0.4) is 0 Å². The van der Waals surface area contributed by atoms with Crippen LogP contribution in [0.25, 0.3) is 0 Å². The lowest BCUT2D eigenvalue weighted by Crippen LogP contribution is -2.39. The van der Waals surface area contributed by atoms with Crippen molar-refractivity contribution in [1.29, 1.82) is 0 Å². The normalized spacial score (nSPS) is 10.5. The Morgan fingerprint density at radius 1 is 1.25 bits per heavy atom. The van der Waals surface area contributed by atoms with Crippen molar-refractivity contribution < 1.29 is 14.3 Å². The number of carbonyl (C=O) groups excluding carboxylic acids is 1. The molecule has 0 atom stereocenters. The number of rotatable bonds is 7. The number of benzene rings is 1. The van der Waals surface area contributed by atoms with Gasteiger partial charge in [-0.25, -0.2) is 0 Å². The van der Waals surface area contributed by atoms with E-state index in [0.29, 0.717) is 18.0 Å². The lowest BCUT2D eigenvalue weighted by atomic mass is 10.1. The van der Waals surface area contributed by atoms with E-state index in [1.54, 1.807) is 19.1 Å². The second-order valence-electron chi connectivity index (χ2n) is 4.75. The Hall–Kier alpha value is -1.42. The van der Waals surface area contributed by atoms with Gasteiger partial charge in [-0.3, -0.25) is 4.79 Å². The van der Waals surface area contributed by atoms with E-state index in [0.717, 1.165) is 12.0 Å². The van der Waals surface area contributed by atoms with E-state index in [1.165, 1.54) is 0 Å². The Kier molecular flexibility index (Phi) is 6.65. The highest BCUT2D eigenvalue weighted by Crippen LogP contribution is 2.27. The summed E-state index contributed by atoms with van der Waals surface area (Å²) in [6.45, 7) is 4.61. The van der Waals surface area contributed by atoms with Crippen LogP contribution in [0.4, 0.5) is 0 Å². The maximum atomic E-state index is 11.7. The summed E-state index contributed by atoms with van der Waals surface area (Å²) in [5, 5.41) is 0. The molecule has 0 saturated heterocycles. The van der Waals surface area contributed by atoms with Gasteiger partial charge in [0.05, 0.1) is 14.2 Å². The molecule has 0 heterocycles. The van der Waals surface area contributed by atoms with E-state index in [9.17, 15) is 4.79 Å². The van der Waals surface area contributed by atoms with Crippen LogP contribution in [0.15, 0.2) is 18.2 Å². The van der Waals surface area contributed by atoms with Gasteiger partial charge in [-0.2, -0.15) is 0 Å². The molecule has 0 aliphatic rings. The van der Waals surface area contributed by atoms with Gasteiger partial charge in [-0.15, -0.1) is 11.6 Å². The van der Waals surface area contributed by atoms with Crippen LogP contribution >= 0.6 is 11.6 Å². The summed E-state index contributed by atoms with van der Waals surface area (Å²) in [5.41, 5.74) is 1.09. The first-order valence-electron chi connectivity index (χ1n) is 6.59. The fraction of sp³-hybridized carbons (Fsp3) is 0.533. The number of ether oxygens (including phenoxy) is 2. The molecule has 4 nitrogen and oxygen atoms in total. The Morgan fingerprint density at radius 3 is 2.40 bits per heavy atom. The third kappa shape index (κ3) is 4.30. The molecule has 0 saturated carbocycles. The molecule has 1 amide bonds. The van der Waals surface area contributed by atoms with Crippen molar-refractivity contribution in [3.63, 3.8) is 0 Å². The van der Waals surface area contributed by atoms with Crippen LogP contribution in [0.5, 0.6) is 11.5 Å². The first-order valence-corrected chi connectivity index (χ1v) is 7.13. The molecule has 0 aliphatic carbocycles. The lowest BCUT2D eigenvalue weighted by Gasteiger charge is -2.26. The summed E-state index contributed by atoms with van der Waals surface area (Å²) >= 11 is 5.63. The number of hydrogen-bond donors (Lipinski definition) is 0. The molecule has 1 aromatic rings. The smallest absolute Gasteiger partial charge is 0.237 e. The highest BCUT2D eigenvalue weighted by molar-refractivity contribution is 6.27. The van der Waals surface area contributed by atoms with Gasteiger partial charge in [-0.1, -0.05) is 6.07 Å². The van der Waals surface area contributed by atoms with Crippen molar-refractivity contribution in [2.24, 2.45) is 0 Å². The van der Waals surface area contributed by atoms with Gasteiger partial charge in [0.15, 0.2) is 11.5 Å². The van der Waals surface area contributed by atoms with Gasteiger partial charge in [0, 0.05) is 12.6 Å². The molecule has 5 heteroatoms. The topological polar surface area (TPSA) is 38.8 Å². The quantitative estimate of drug-likeness (QED) is 0.727. The van der Waals surface area contributed by atoms with Crippen LogP contribution in [-0.4, -0.2) is 43.5 Å². The predicted octanol–water partition coefficient (Wildman–Crippen LogP) is 2.72. The highest BCUT2D eigenvalue weighted by atomic mass is 35.5. The van der Waals surface area contributed by atoms with Crippen LogP contribution in [0.1, 0.15) is 19.4 Å². The average molecular weight is 300 g/mol. The summed E-state index contributed by atoms with van der Waals surface area (Å²) in [4.78, 5) is 13.5. The predicted molar refractivity (Wildman–Crippen MR) is 80.8 cm³/mol. The Morgan fingerprint density at radius 2 is 1.90 bits per heavy atom. The maximum Gasteiger partial charge on any atom is 0.237 e. The highest BCUT2D eigenvalue weighted by Gasteiger charge is 2.15. The summed E-state index contributed by atoms with van der Waals surface area (Å²) in [7, 11) is 3.22. The van der Waals surface area contributed by atoms with Gasteiger partial charge < -0.3 is 14.4 Å². The molecule has 0 fully saturated rings. The maximum absolute atomic E-state index is 11.7. The van der Waals surface area contributed by atoms with E-state index < -0.39 is 0 Å². The monoisotopic (exact) mass is 299 g/mol. The number of alkyl halides is 1. The molecule has 0 bridgehead atoms. The van der Waals surface area contributed by atoms with Crippen molar-refractivity contribution >= 4 is 17.5 Å². The molecule has 20 heavy (non-hydrogen) atoms. The molecule has 0 spiro atoms. The summed E-state index contributed by atoms with van der Waals surface area (Å²) in [6.07, 6.45) is 0.751. The van der Waals surface area contributed by atoms with Crippen molar-refractivity contribution in [2.75, 3.05) is 26.6 Å². The number of amides is 1. The zero-order chi connectivity index (χ0) is 15.1. The fourth-order valence-corrected chi connectivity index (χ4v) is 2.19. The molecule has 0 aromatic heterocycles. The first-order chi connectivity index (χ1) is 9.53. The minimum absolute atomic E-state index is 0.0180. The Bertz CT molecular complexity index is 449. The molecule has 0 radical (unpaired) electrons. The Labute approximate surface area is 125 Å². The molecular formula is C15H22ClNO3. The van der Waals surface area contributed by atoms with Crippen LogP contribution < -0.4 is 9.47 Å². The van der Waals surface area contributed by atoms with Crippen molar-refractivity contribution in [3.8, 4) is 11.5 Å². The van der Waals surface area contributed by atoms with Crippen LogP contribution in [-0.2, 0) is 11.2 Å². The molecule has 1 rings (SSSR count). The van der Waals surface area contributed by atoms with E-state index in [-0.39, 0.29) is 17.8 Å². The summed E-state index contributed by atoms with van der Waals surface area (Å²) in [6, 6.07) is 5.92. The number of methoxy groups -OCH3 is 2. The summed E-state index contributed by atoms with van der Waals surface area (Å²) < 4.78 is 10.5. The summed E-state index contributed by atoms with van der Waals surface area (Å²) in [5.74, 6) is 1.38. The minimum atomic E-state index is -0.0397. The SMILES string of the molecule is COc1ccc(CCN(C(=O)CCl)C(C)C)cc1OC. The van der Waals surface area contributed by atoms with E-state index >= 15 is 0 Å². The molecule has 112 valence electrons. The Balaban J connectivity index is 2.75. The third-order valence-electron chi connectivity index (χ3n) is 3.15. The van der Waals surface area contributed by atoms with Crippen molar-refractivity contribution in [2.45, 2.75) is 26.3 Å². The number of carbonyl (C=O) groups is 1. The largest absolute Gasteiger partial charge is 0.493 e.